The molecule has 1 heterocycles. The van der Waals surface area contributed by atoms with Gasteiger partial charge in [-0.15, -0.1) is 0 Å². The number of hydrogen-bond acceptors (Lipinski definition) is 6. The molecule has 2 aliphatic carbocycles. The van der Waals surface area contributed by atoms with E-state index in [0.29, 0.717) is 0 Å². The number of ether oxygens (including phenoxy) is 1. The molecule has 1 fully saturated rings. The number of alkyl carbamates (subject to hydrolysis) is 1. The van der Waals surface area contributed by atoms with Crippen LogP contribution in [0, 0.1) is 5.92 Å². The molecule has 2 aliphatic rings. The lowest BCUT2D eigenvalue weighted by atomic mass is 9.94. The minimum absolute atomic E-state index is 0.0325. The fourth-order valence-corrected chi connectivity index (χ4v) is 4.77. The van der Waals surface area contributed by atoms with Crippen LogP contribution in [-0.4, -0.2) is 40.2 Å². The summed E-state index contributed by atoms with van der Waals surface area (Å²) in [6, 6.07) is 16.1. The van der Waals surface area contributed by atoms with Crippen LogP contribution in [0.4, 0.5) is 4.79 Å². The molecule has 5 rings (SSSR count). The summed E-state index contributed by atoms with van der Waals surface area (Å²) < 4.78 is 10.7. The van der Waals surface area contributed by atoms with Gasteiger partial charge in [-0.1, -0.05) is 48.5 Å². The first-order chi connectivity index (χ1) is 16.9. The Labute approximate surface area is 201 Å². The number of nitrogens with zero attached hydrogens (tertiary/aromatic N) is 1. The van der Waals surface area contributed by atoms with Crippen LogP contribution in [0.15, 0.2) is 59.3 Å². The first-order valence-electron chi connectivity index (χ1n) is 11.5. The second-order valence-corrected chi connectivity index (χ2v) is 9.04. The standard InChI is InChI=1S/C26H25N3O6/c1-26(15-10-11-15,24(32)27-12-21-22(23(30)31)28-14-35-21)29-25(33)34-13-20-18-8-4-2-6-16(18)17-7-3-5-9-19(17)20/h2-9,14-15,20H,10-13H2,1H3,(H,27,32)(H,29,33)(H,30,31). The number of rotatable bonds is 8. The largest absolute Gasteiger partial charge is 0.476 e. The second-order valence-electron chi connectivity index (χ2n) is 9.04. The van der Waals surface area contributed by atoms with Crippen LogP contribution >= 0.6 is 0 Å². The van der Waals surface area contributed by atoms with Crippen LogP contribution in [0.2, 0.25) is 0 Å². The van der Waals surface area contributed by atoms with Crippen molar-refractivity contribution >= 4 is 18.0 Å². The SMILES string of the molecule is CC(NC(=O)OCC1c2ccccc2-c2ccccc21)(C(=O)NCc1ocnc1C(=O)O)C1CC1. The van der Waals surface area contributed by atoms with Crippen LogP contribution in [0.1, 0.15) is 53.1 Å². The Balaban J connectivity index is 1.25. The third kappa shape index (κ3) is 4.25. The second kappa shape index (κ2) is 8.90. The molecule has 35 heavy (non-hydrogen) atoms. The molecule has 2 aromatic carbocycles. The van der Waals surface area contributed by atoms with Crippen LogP contribution in [0.3, 0.4) is 0 Å². The van der Waals surface area contributed by atoms with E-state index in [9.17, 15) is 14.4 Å². The van der Waals surface area contributed by atoms with E-state index in [2.05, 4.69) is 27.8 Å². The van der Waals surface area contributed by atoms with Gasteiger partial charge < -0.3 is 24.9 Å². The molecule has 180 valence electrons. The molecule has 0 spiro atoms. The van der Waals surface area contributed by atoms with E-state index in [0.717, 1.165) is 41.5 Å². The number of benzene rings is 2. The third-order valence-electron chi connectivity index (χ3n) is 6.82. The van der Waals surface area contributed by atoms with Crippen molar-refractivity contribution < 1.29 is 28.6 Å². The Morgan fingerprint density at radius 2 is 1.71 bits per heavy atom. The van der Waals surface area contributed by atoms with E-state index in [1.54, 1.807) is 6.92 Å². The minimum atomic E-state index is -1.25. The van der Waals surface area contributed by atoms with Crippen molar-refractivity contribution in [2.45, 2.75) is 37.8 Å². The molecule has 0 aliphatic heterocycles. The van der Waals surface area contributed by atoms with Gasteiger partial charge in [0.1, 0.15) is 12.1 Å². The van der Waals surface area contributed by atoms with Gasteiger partial charge in [0.15, 0.2) is 17.8 Å². The van der Waals surface area contributed by atoms with Gasteiger partial charge in [0.2, 0.25) is 5.91 Å². The highest BCUT2D eigenvalue weighted by molar-refractivity contribution is 5.91. The van der Waals surface area contributed by atoms with Gasteiger partial charge in [-0.05, 0) is 47.9 Å². The first kappa shape index (κ1) is 22.6. The summed E-state index contributed by atoms with van der Waals surface area (Å²) >= 11 is 0. The number of nitrogens with one attached hydrogen (secondary N) is 2. The monoisotopic (exact) mass is 475 g/mol. The van der Waals surface area contributed by atoms with Gasteiger partial charge >= 0.3 is 12.1 Å². The van der Waals surface area contributed by atoms with Crippen molar-refractivity contribution in [3.63, 3.8) is 0 Å². The normalized spacial score (nSPS) is 16.0. The lowest BCUT2D eigenvalue weighted by Crippen LogP contribution is -2.58. The lowest BCUT2D eigenvalue weighted by Gasteiger charge is -2.29. The van der Waals surface area contributed by atoms with Crippen LogP contribution < -0.4 is 10.6 Å². The van der Waals surface area contributed by atoms with Crippen molar-refractivity contribution in [2.24, 2.45) is 5.92 Å². The quantitative estimate of drug-likeness (QED) is 0.453. The van der Waals surface area contributed by atoms with Gasteiger partial charge in [0, 0.05) is 5.92 Å². The molecule has 1 atom stereocenters. The summed E-state index contributed by atoms with van der Waals surface area (Å²) in [6.45, 7) is 1.64. The number of carboxylic acid groups (broad SMARTS) is 1. The number of carbonyl (C=O) groups is 3. The van der Waals surface area contributed by atoms with Crippen LogP contribution in [0.25, 0.3) is 11.1 Å². The average Bonchev–Trinajstić information content (AvgIpc) is 3.53. The fraction of sp³-hybridized carbons (Fsp3) is 0.308. The third-order valence-corrected chi connectivity index (χ3v) is 6.82. The number of amides is 2. The first-order valence-corrected chi connectivity index (χ1v) is 11.5. The predicted octanol–water partition coefficient (Wildman–Crippen LogP) is 3.70. The highest BCUT2D eigenvalue weighted by atomic mass is 16.5. The molecule has 1 aromatic heterocycles. The van der Waals surface area contributed by atoms with E-state index in [1.807, 2.05) is 36.4 Å². The summed E-state index contributed by atoms with van der Waals surface area (Å²) in [7, 11) is 0. The van der Waals surface area contributed by atoms with E-state index in [1.165, 1.54) is 0 Å². The number of aromatic nitrogens is 1. The van der Waals surface area contributed by atoms with Crippen molar-refractivity contribution in [2.75, 3.05) is 6.61 Å². The topological polar surface area (TPSA) is 131 Å². The number of carboxylic acids is 1. The molecule has 1 unspecified atom stereocenters. The summed E-state index contributed by atoms with van der Waals surface area (Å²) in [5.74, 6) is -1.79. The number of aromatic carboxylic acids is 1. The van der Waals surface area contributed by atoms with E-state index >= 15 is 0 Å². The molecule has 3 N–H and O–H groups in total. The Bertz CT molecular complexity index is 1250. The predicted molar refractivity (Wildman–Crippen MR) is 125 cm³/mol. The zero-order valence-electron chi connectivity index (χ0n) is 19.1. The number of carbonyl (C=O) groups excluding carboxylic acids is 2. The Hall–Kier alpha value is -4.14. The maximum Gasteiger partial charge on any atom is 0.408 e. The zero-order valence-corrected chi connectivity index (χ0v) is 19.1. The summed E-state index contributed by atoms with van der Waals surface area (Å²) in [5.41, 5.74) is 3.00. The minimum Gasteiger partial charge on any atom is -0.476 e. The molecule has 0 saturated heterocycles. The zero-order chi connectivity index (χ0) is 24.6. The highest BCUT2D eigenvalue weighted by Gasteiger charge is 2.49. The van der Waals surface area contributed by atoms with Gasteiger partial charge in [-0.2, -0.15) is 0 Å². The number of oxazole rings is 1. The summed E-state index contributed by atoms with van der Waals surface area (Å²) in [4.78, 5) is 40.7. The van der Waals surface area contributed by atoms with Gasteiger partial charge in [0.25, 0.3) is 0 Å². The molecule has 2 amide bonds. The molecule has 0 radical (unpaired) electrons. The lowest BCUT2D eigenvalue weighted by molar-refractivity contribution is -0.128. The maximum absolute atomic E-state index is 13.1. The van der Waals surface area contributed by atoms with Crippen molar-refractivity contribution in [3.8, 4) is 11.1 Å². The Morgan fingerprint density at radius 3 is 2.31 bits per heavy atom. The molecule has 1 saturated carbocycles. The van der Waals surface area contributed by atoms with Gasteiger partial charge in [-0.25, -0.2) is 14.6 Å². The molecule has 9 nitrogen and oxygen atoms in total. The van der Waals surface area contributed by atoms with Gasteiger partial charge in [-0.3, -0.25) is 4.79 Å². The Morgan fingerprint density at radius 1 is 1.09 bits per heavy atom. The highest BCUT2D eigenvalue weighted by Crippen LogP contribution is 2.44. The van der Waals surface area contributed by atoms with E-state index < -0.39 is 23.5 Å². The molecule has 9 heteroatoms. The van der Waals surface area contributed by atoms with Gasteiger partial charge in [0.05, 0.1) is 6.54 Å². The number of hydrogen-bond donors (Lipinski definition) is 3. The van der Waals surface area contributed by atoms with Crippen LogP contribution in [-0.2, 0) is 16.1 Å². The average molecular weight is 476 g/mol. The fourth-order valence-electron chi connectivity index (χ4n) is 4.77. The molecule has 3 aromatic rings. The molecular weight excluding hydrogens is 450 g/mol. The maximum atomic E-state index is 13.1. The van der Waals surface area contributed by atoms with Crippen LogP contribution in [0.5, 0.6) is 0 Å². The molecule has 0 bridgehead atoms. The van der Waals surface area contributed by atoms with Crippen molar-refractivity contribution in [1.29, 1.82) is 0 Å². The summed E-state index contributed by atoms with van der Waals surface area (Å²) in [6.07, 6.45) is 1.91. The van der Waals surface area contributed by atoms with Crippen molar-refractivity contribution in [1.82, 2.24) is 15.6 Å². The molecular formula is C26H25N3O6. The van der Waals surface area contributed by atoms with E-state index in [4.69, 9.17) is 14.3 Å². The number of fused-ring (bicyclic) bond motifs is 3. The van der Waals surface area contributed by atoms with E-state index in [-0.39, 0.29) is 36.4 Å². The Kier molecular flexibility index (Phi) is 5.76. The van der Waals surface area contributed by atoms with Crippen molar-refractivity contribution in [3.05, 3.63) is 77.5 Å². The smallest absolute Gasteiger partial charge is 0.408 e. The summed E-state index contributed by atoms with van der Waals surface area (Å²) in [5, 5.41) is 14.6.